The molecule has 8 heteroatoms. The molecule has 1 aliphatic heterocycles. The molecule has 0 aromatic carbocycles. The zero-order valence-electron chi connectivity index (χ0n) is 14.5. The van der Waals surface area contributed by atoms with E-state index in [1.54, 1.807) is 19.1 Å². The van der Waals surface area contributed by atoms with Gasteiger partial charge in [-0.25, -0.2) is 0 Å². The third kappa shape index (κ3) is 4.13. The van der Waals surface area contributed by atoms with E-state index in [0.29, 0.717) is 13.1 Å². The molecule has 3 rings (SSSR count). The molecule has 2 aliphatic rings. The molecular weight excluding hydrogens is 322 g/mol. The van der Waals surface area contributed by atoms with Crippen LogP contribution in [-0.2, 0) is 4.79 Å². The molecule has 1 saturated heterocycles. The summed E-state index contributed by atoms with van der Waals surface area (Å²) in [6.45, 7) is 4.48. The molecule has 1 aliphatic carbocycles. The molecule has 2 heterocycles. The number of nitrogens with one attached hydrogen (secondary N) is 1. The van der Waals surface area contributed by atoms with E-state index < -0.39 is 6.10 Å². The highest BCUT2D eigenvalue weighted by molar-refractivity contribution is 5.92. The zero-order valence-corrected chi connectivity index (χ0v) is 14.5. The lowest BCUT2D eigenvalue weighted by Gasteiger charge is -2.44. The van der Waals surface area contributed by atoms with E-state index in [2.05, 4.69) is 20.4 Å². The Morgan fingerprint density at radius 1 is 1.24 bits per heavy atom. The number of nitrogens with zero attached hydrogens (tertiary/aromatic N) is 4. The summed E-state index contributed by atoms with van der Waals surface area (Å²) in [5.74, 6) is -0.211. The Morgan fingerprint density at radius 3 is 2.64 bits per heavy atom. The molecule has 1 aromatic rings. The largest absolute Gasteiger partial charge is 0.389 e. The fourth-order valence-electron chi connectivity index (χ4n) is 3.75. The number of amides is 2. The Bertz CT molecular complexity index is 604. The minimum absolute atomic E-state index is 0.00927. The van der Waals surface area contributed by atoms with Gasteiger partial charge in [-0.2, -0.15) is 5.10 Å². The van der Waals surface area contributed by atoms with Crippen LogP contribution < -0.4 is 5.32 Å². The summed E-state index contributed by atoms with van der Waals surface area (Å²) in [4.78, 5) is 27.8. The second kappa shape index (κ2) is 7.88. The molecule has 3 atom stereocenters. The zero-order chi connectivity index (χ0) is 17.8. The van der Waals surface area contributed by atoms with Crippen LogP contribution in [0.5, 0.6) is 0 Å². The number of carbonyl (C=O) groups excluding carboxylic acids is 2. The average molecular weight is 347 g/mol. The van der Waals surface area contributed by atoms with Crippen LogP contribution in [0.25, 0.3) is 0 Å². The van der Waals surface area contributed by atoms with Gasteiger partial charge in [0.25, 0.3) is 5.91 Å². The Kier molecular flexibility index (Phi) is 5.60. The van der Waals surface area contributed by atoms with Gasteiger partial charge in [0.2, 0.25) is 5.91 Å². The van der Waals surface area contributed by atoms with Gasteiger partial charge < -0.3 is 15.3 Å². The van der Waals surface area contributed by atoms with E-state index in [1.807, 2.05) is 4.90 Å². The van der Waals surface area contributed by atoms with Crippen LogP contribution >= 0.6 is 0 Å². The van der Waals surface area contributed by atoms with Crippen molar-refractivity contribution in [1.29, 1.82) is 0 Å². The average Bonchev–Trinajstić information content (AvgIpc) is 2.64. The van der Waals surface area contributed by atoms with Crippen LogP contribution in [0.15, 0.2) is 18.3 Å². The lowest BCUT2D eigenvalue weighted by molar-refractivity contribution is -0.131. The smallest absolute Gasteiger partial charge is 0.272 e. The van der Waals surface area contributed by atoms with Gasteiger partial charge in [0.05, 0.1) is 12.1 Å². The number of aliphatic hydroxyl groups is 1. The minimum atomic E-state index is -0.627. The summed E-state index contributed by atoms with van der Waals surface area (Å²) < 4.78 is 0. The van der Waals surface area contributed by atoms with Gasteiger partial charge in [-0.15, -0.1) is 5.10 Å². The fourth-order valence-corrected chi connectivity index (χ4v) is 3.75. The van der Waals surface area contributed by atoms with Crippen molar-refractivity contribution in [2.24, 2.45) is 0 Å². The van der Waals surface area contributed by atoms with Gasteiger partial charge in [-0.3, -0.25) is 14.5 Å². The normalized spacial score (nSPS) is 27.8. The molecule has 2 amide bonds. The van der Waals surface area contributed by atoms with Crippen molar-refractivity contribution in [3.63, 3.8) is 0 Å². The van der Waals surface area contributed by atoms with Crippen molar-refractivity contribution in [2.75, 3.05) is 26.2 Å². The summed E-state index contributed by atoms with van der Waals surface area (Å²) in [5, 5.41) is 21.2. The molecule has 136 valence electrons. The minimum Gasteiger partial charge on any atom is -0.389 e. The summed E-state index contributed by atoms with van der Waals surface area (Å²) in [6, 6.07) is 2.99. The van der Waals surface area contributed by atoms with Crippen LogP contribution in [0.1, 0.15) is 36.7 Å². The molecule has 0 bridgehead atoms. The second-order valence-corrected chi connectivity index (χ2v) is 6.72. The lowest BCUT2D eigenvalue weighted by atomic mass is 9.86. The van der Waals surface area contributed by atoms with Gasteiger partial charge >= 0.3 is 0 Å². The number of rotatable bonds is 3. The van der Waals surface area contributed by atoms with E-state index in [0.717, 1.165) is 32.4 Å². The molecule has 1 saturated carbocycles. The summed E-state index contributed by atoms with van der Waals surface area (Å²) in [7, 11) is 0. The predicted molar refractivity (Wildman–Crippen MR) is 90.8 cm³/mol. The van der Waals surface area contributed by atoms with E-state index in [1.165, 1.54) is 6.20 Å². The van der Waals surface area contributed by atoms with Crippen LogP contribution in [-0.4, -0.2) is 81.3 Å². The quantitative estimate of drug-likeness (QED) is 0.776. The highest BCUT2D eigenvalue weighted by atomic mass is 16.3. The van der Waals surface area contributed by atoms with Crippen LogP contribution in [0.2, 0.25) is 0 Å². The third-order valence-corrected chi connectivity index (χ3v) is 5.17. The molecule has 0 spiro atoms. The Hall–Kier alpha value is -2.06. The molecule has 1 aromatic heterocycles. The first-order chi connectivity index (χ1) is 12.1. The van der Waals surface area contributed by atoms with Crippen LogP contribution in [0.4, 0.5) is 0 Å². The topological polar surface area (TPSA) is 98.7 Å². The van der Waals surface area contributed by atoms with Gasteiger partial charge in [0, 0.05) is 45.3 Å². The number of aromatic nitrogens is 2. The molecule has 2 fully saturated rings. The van der Waals surface area contributed by atoms with Crippen LogP contribution in [0.3, 0.4) is 0 Å². The van der Waals surface area contributed by atoms with E-state index in [4.69, 9.17) is 0 Å². The molecule has 25 heavy (non-hydrogen) atoms. The van der Waals surface area contributed by atoms with Crippen LogP contribution in [0, 0.1) is 0 Å². The highest BCUT2D eigenvalue weighted by Gasteiger charge is 2.37. The molecule has 2 N–H and O–H groups in total. The van der Waals surface area contributed by atoms with Crippen molar-refractivity contribution < 1.29 is 14.7 Å². The van der Waals surface area contributed by atoms with Gasteiger partial charge in [-0.05, 0) is 31.4 Å². The maximum Gasteiger partial charge on any atom is 0.272 e. The Labute approximate surface area is 147 Å². The Morgan fingerprint density at radius 2 is 2.00 bits per heavy atom. The SMILES string of the molecule is CC(=O)N1CCN([C@@H]2CCC[C@@H](NC(=O)c3cccnn3)[C@H]2O)CC1. The van der Waals surface area contributed by atoms with Crippen molar-refractivity contribution in [2.45, 2.75) is 44.4 Å². The third-order valence-electron chi connectivity index (χ3n) is 5.17. The molecule has 0 unspecified atom stereocenters. The predicted octanol–water partition coefficient (Wildman–Crippen LogP) is -0.347. The van der Waals surface area contributed by atoms with Crippen molar-refractivity contribution in [3.05, 3.63) is 24.0 Å². The van der Waals surface area contributed by atoms with E-state index in [-0.39, 0.29) is 29.6 Å². The van der Waals surface area contributed by atoms with Gasteiger partial charge in [-0.1, -0.05) is 0 Å². The number of aliphatic hydroxyl groups excluding tert-OH is 1. The van der Waals surface area contributed by atoms with E-state index >= 15 is 0 Å². The lowest BCUT2D eigenvalue weighted by Crippen LogP contribution is -2.60. The van der Waals surface area contributed by atoms with Crippen molar-refractivity contribution >= 4 is 11.8 Å². The number of hydrogen-bond acceptors (Lipinski definition) is 6. The summed E-state index contributed by atoms with van der Waals surface area (Å²) >= 11 is 0. The van der Waals surface area contributed by atoms with E-state index in [9.17, 15) is 14.7 Å². The first-order valence-electron chi connectivity index (χ1n) is 8.82. The second-order valence-electron chi connectivity index (χ2n) is 6.72. The van der Waals surface area contributed by atoms with Gasteiger partial charge in [0.15, 0.2) is 5.69 Å². The Balaban J connectivity index is 1.59. The summed E-state index contributed by atoms with van der Waals surface area (Å²) in [5.41, 5.74) is 0.256. The molecular formula is C17H25N5O3. The highest BCUT2D eigenvalue weighted by Crippen LogP contribution is 2.25. The van der Waals surface area contributed by atoms with Crippen molar-refractivity contribution in [3.8, 4) is 0 Å². The first-order valence-corrected chi connectivity index (χ1v) is 8.82. The molecule has 0 radical (unpaired) electrons. The number of carbonyl (C=O) groups is 2. The number of piperazine rings is 1. The summed E-state index contributed by atoms with van der Waals surface area (Å²) in [6.07, 6.45) is 3.48. The monoisotopic (exact) mass is 347 g/mol. The standard InChI is InChI=1S/C17H25N5O3/c1-12(23)21-8-10-22(11-9-21)15-6-2-4-13(16(15)24)19-17(25)14-5-3-7-18-20-14/h3,5,7,13,15-16,24H,2,4,6,8-11H2,1H3,(H,19,25)/t13-,15-,16-/m1/s1. The number of hydrogen-bond donors (Lipinski definition) is 2. The van der Waals surface area contributed by atoms with Crippen molar-refractivity contribution in [1.82, 2.24) is 25.3 Å². The molecule has 8 nitrogen and oxygen atoms in total. The first kappa shape index (κ1) is 17.8. The maximum atomic E-state index is 12.3. The fraction of sp³-hybridized carbons (Fsp3) is 0.647. The maximum absolute atomic E-state index is 12.3. The van der Waals surface area contributed by atoms with Gasteiger partial charge in [0.1, 0.15) is 0 Å².